The minimum atomic E-state index is -4.55. The van der Waals surface area contributed by atoms with E-state index in [-0.39, 0.29) is 18.5 Å². The molecule has 1 saturated heterocycles. The smallest absolute Gasteiger partial charge is 0.376 e. The van der Waals surface area contributed by atoms with Crippen LogP contribution in [-0.2, 0) is 20.4 Å². The molecule has 2 atom stereocenters. The summed E-state index contributed by atoms with van der Waals surface area (Å²) in [6, 6.07) is 3.32. The minimum absolute atomic E-state index is 0.0260. The van der Waals surface area contributed by atoms with Crippen molar-refractivity contribution in [3.05, 3.63) is 23.9 Å². The van der Waals surface area contributed by atoms with Gasteiger partial charge in [0, 0.05) is 6.61 Å². The molecule has 0 aromatic carbocycles. The normalized spacial score (nSPS) is 19.9. The predicted octanol–water partition coefficient (Wildman–Crippen LogP) is 2.62. The van der Waals surface area contributed by atoms with Crippen LogP contribution in [0.25, 0.3) is 0 Å². The van der Waals surface area contributed by atoms with E-state index in [1.165, 1.54) is 19.1 Å². The zero-order valence-electron chi connectivity index (χ0n) is 12.0. The number of halogens is 3. The van der Waals surface area contributed by atoms with Crippen LogP contribution in [0.5, 0.6) is 0 Å². The van der Waals surface area contributed by atoms with Crippen LogP contribution < -0.4 is 5.32 Å². The number of amides is 1. The third kappa shape index (κ3) is 4.67. The number of anilines is 1. The number of pyridine rings is 1. The molecule has 2 rings (SSSR count). The van der Waals surface area contributed by atoms with Crippen LogP contribution in [0.3, 0.4) is 0 Å². The lowest BCUT2D eigenvalue weighted by Gasteiger charge is -2.16. The lowest BCUT2D eigenvalue weighted by Crippen LogP contribution is -2.31. The Hall–Kier alpha value is -1.67. The number of hydrogen-bond donors (Lipinski definition) is 1. The monoisotopic (exact) mass is 318 g/mol. The highest BCUT2D eigenvalue weighted by Gasteiger charge is 2.32. The number of nitrogens with zero attached hydrogens (tertiary/aromatic N) is 1. The van der Waals surface area contributed by atoms with Gasteiger partial charge in [-0.25, -0.2) is 4.98 Å². The lowest BCUT2D eigenvalue weighted by molar-refractivity contribution is -0.141. The molecule has 0 saturated carbocycles. The van der Waals surface area contributed by atoms with E-state index < -0.39 is 23.9 Å². The number of ether oxygens (including phenoxy) is 2. The molecular formula is C14H17F3N2O3. The molecule has 0 unspecified atom stereocenters. The van der Waals surface area contributed by atoms with E-state index in [1.807, 2.05) is 0 Å². The third-order valence-electron chi connectivity index (χ3n) is 3.22. The number of carbonyl (C=O) groups excluding carboxylic acids is 1. The molecule has 0 spiro atoms. The van der Waals surface area contributed by atoms with Gasteiger partial charge in [0.15, 0.2) is 0 Å². The molecule has 5 nitrogen and oxygen atoms in total. The van der Waals surface area contributed by atoms with Gasteiger partial charge >= 0.3 is 6.18 Å². The second-order valence-electron chi connectivity index (χ2n) is 5.01. The number of nitrogens with one attached hydrogen (secondary N) is 1. The zero-order valence-corrected chi connectivity index (χ0v) is 12.0. The van der Waals surface area contributed by atoms with Crippen LogP contribution in [-0.4, -0.2) is 36.3 Å². The molecule has 122 valence electrons. The summed E-state index contributed by atoms with van der Waals surface area (Å²) in [5, 5.41) is 2.31. The molecule has 0 bridgehead atoms. The van der Waals surface area contributed by atoms with Gasteiger partial charge < -0.3 is 14.8 Å². The standard InChI is InChI=1S/C14H17F3N2O3/c1-9(22-8-10-4-3-7-21-10)13(20)19-12-6-2-5-11(18-12)14(15,16)17/h2,5-6,9-10H,3-4,7-8H2,1H3,(H,18,19,20)/t9-,10+/m0/s1. The number of alkyl halides is 3. The van der Waals surface area contributed by atoms with E-state index in [9.17, 15) is 18.0 Å². The fourth-order valence-corrected chi connectivity index (χ4v) is 1.99. The van der Waals surface area contributed by atoms with Crippen LogP contribution in [0.15, 0.2) is 18.2 Å². The highest BCUT2D eigenvalue weighted by Crippen LogP contribution is 2.28. The Morgan fingerprint density at radius 3 is 2.95 bits per heavy atom. The summed E-state index contributed by atoms with van der Waals surface area (Å²) in [6.45, 7) is 2.49. The van der Waals surface area contributed by atoms with E-state index >= 15 is 0 Å². The summed E-state index contributed by atoms with van der Waals surface area (Å²) >= 11 is 0. The van der Waals surface area contributed by atoms with Gasteiger partial charge in [0.1, 0.15) is 17.6 Å². The molecule has 1 amide bonds. The number of carbonyl (C=O) groups is 1. The Kier molecular flexibility index (Phi) is 5.36. The minimum Gasteiger partial charge on any atom is -0.376 e. The molecule has 1 aliphatic heterocycles. The number of rotatable bonds is 5. The van der Waals surface area contributed by atoms with Crippen molar-refractivity contribution in [2.75, 3.05) is 18.5 Å². The van der Waals surface area contributed by atoms with Gasteiger partial charge in [-0.15, -0.1) is 0 Å². The molecule has 1 fully saturated rings. The van der Waals surface area contributed by atoms with Crippen molar-refractivity contribution < 1.29 is 27.4 Å². The maximum Gasteiger partial charge on any atom is 0.433 e. The van der Waals surface area contributed by atoms with Gasteiger partial charge in [-0.05, 0) is 31.9 Å². The quantitative estimate of drug-likeness (QED) is 0.906. The van der Waals surface area contributed by atoms with E-state index in [0.717, 1.165) is 18.9 Å². The summed E-state index contributed by atoms with van der Waals surface area (Å²) in [4.78, 5) is 15.2. The predicted molar refractivity (Wildman–Crippen MR) is 72.3 cm³/mol. The molecule has 1 aromatic rings. The molecule has 1 N–H and O–H groups in total. The van der Waals surface area contributed by atoms with Gasteiger partial charge in [0.2, 0.25) is 0 Å². The maximum atomic E-state index is 12.5. The van der Waals surface area contributed by atoms with Crippen LogP contribution in [0.2, 0.25) is 0 Å². The molecule has 0 aliphatic carbocycles. The Labute approximate surface area is 125 Å². The fraction of sp³-hybridized carbons (Fsp3) is 0.571. The molecule has 0 radical (unpaired) electrons. The van der Waals surface area contributed by atoms with Gasteiger partial charge in [-0.3, -0.25) is 4.79 Å². The molecule has 1 aliphatic rings. The van der Waals surface area contributed by atoms with Crippen LogP contribution >= 0.6 is 0 Å². The van der Waals surface area contributed by atoms with Crippen molar-refractivity contribution in [2.45, 2.75) is 38.1 Å². The molecule has 22 heavy (non-hydrogen) atoms. The number of hydrogen-bond acceptors (Lipinski definition) is 4. The van der Waals surface area contributed by atoms with Crippen LogP contribution in [0.4, 0.5) is 19.0 Å². The third-order valence-corrected chi connectivity index (χ3v) is 3.22. The van der Waals surface area contributed by atoms with Gasteiger partial charge in [-0.1, -0.05) is 6.07 Å². The lowest BCUT2D eigenvalue weighted by atomic mass is 10.2. The first kappa shape index (κ1) is 16.7. The Morgan fingerprint density at radius 2 is 2.32 bits per heavy atom. The topological polar surface area (TPSA) is 60.5 Å². The highest BCUT2D eigenvalue weighted by atomic mass is 19.4. The largest absolute Gasteiger partial charge is 0.433 e. The summed E-state index contributed by atoms with van der Waals surface area (Å²) < 4.78 is 48.4. The summed E-state index contributed by atoms with van der Waals surface area (Å²) in [7, 11) is 0. The maximum absolute atomic E-state index is 12.5. The summed E-state index contributed by atoms with van der Waals surface area (Å²) in [5.74, 6) is -0.711. The first-order valence-corrected chi connectivity index (χ1v) is 6.94. The molecular weight excluding hydrogens is 301 g/mol. The highest BCUT2D eigenvalue weighted by molar-refractivity contribution is 5.93. The van der Waals surface area contributed by atoms with Gasteiger partial charge in [0.05, 0.1) is 12.7 Å². The summed E-state index contributed by atoms with van der Waals surface area (Å²) in [6.07, 6.45) is -3.54. The van der Waals surface area contributed by atoms with E-state index in [2.05, 4.69) is 10.3 Å². The van der Waals surface area contributed by atoms with Crippen LogP contribution in [0.1, 0.15) is 25.5 Å². The second kappa shape index (κ2) is 7.06. The molecule has 1 aromatic heterocycles. The van der Waals surface area contributed by atoms with E-state index in [4.69, 9.17) is 9.47 Å². The first-order chi connectivity index (χ1) is 10.4. The Balaban J connectivity index is 1.87. The Bertz CT molecular complexity index is 516. The average molecular weight is 318 g/mol. The molecule has 8 heteroatoms. The SMILES string of the molecule is C[C@H](OC[C@H]1CCCO1)C(=O)Nc1cccc(C(F)(F)F)n1. The van der Waals surface area contributed by atoms with Crippen molar-refractivity contribution in [3.63, 3.8) is 0 Å². The van der Waals surface area contributed by atoms with Gasteiger partial charge in [-0.2, -0.15) is 13.2 Å². The fourth-order valence-electron chi connectivity index (χ4n) is 1.99. The van der Waals surface area contributed by atoms with Gasteiger partial charge in [0.25, 0.3) is 5.91 Å². The summed E-state index contributed by atoms with van der Waals surface area (Å²) in [5.41, 5.74) is -1.06. The van der Waals surface area contributed by atoms with Crippen molar-refractivity contribution in [2.24, 2.45) is 0 Å². The van der Waals surface area contributed by atoms with E-state index in [1.54, 1.807) is 0 Å². The zero-order chi connectivity index (χ0) is 16.2. The average Bonchev–Trinajstić information content (AvgIpc) is 2.97. The second-order valence-corrected chi connectivity index (χ2v) is 5.01. The molecule has 2 heterocycles. The van der Waals surface area contributed by atoms with Crippen molar-refractivity contribution >= 4 is 11.7 Å². The van der Waals surface area contributed by atoms with Crippen molar-refractivity contribution in [1.82, 2.24) is 4.98 Å². The Morgan fingerprint density at radius 1 is 1.55 bits per heavy atom. The van der Waals surface area contributed by atoms with Crippen LogP contribution in [0, 0.1) is 0 Å². The number of aromatic nitrogens is 1. The van der Waals surface area contributed by atoms with Crippen molar-refractivity contribution in [1.29, 1.82) is 0 Å². The van der Waals surface area contributed by atoms with E-state index in [0.29, 0.717) is 6.61 Å². The first-order valence-electron chi connectivity index (χ1n) is 6.94. The van der Waals surface area contributed by atoms with Crippen molar-refractivity contribution in [3.8, 4) is 0 Å².